The molecule has 0 aromatic heterocycles. The molecule has 0 amide bonds. The average Bonchev–Trinajstić information content (AvgIpc) is 2.38. The third-order valence-electron chi connectivity index (χ3n) is 4.32. The van der Waals surface area contributed by atoms with Crippen molar-refractivity contribution in [3.8, 4) is 0 Å². The second kappa shape index (κ2) is 8.06. The van der Waals surface area contributed by atoms with Crippen LogP contribution in [0, 0.1) is 0 Å². The van der Waals surface area contributed by atoms with Crippen LogP contribution in [0.1, 0.15) is 39.5 Å². The lowest BCUT2D eigenvalue weighted by molar-refractivity contribution is 0.100. The van der Waals surface area contributed by atoms with Crippen LogP contribution in [0.3, 0.4) is 0 Å². The lowest BCUT2D eigenvalue weighted by Crippen LogP contribution is -2.46. The molecule has 1 atom stereocenters. The molecule has 1 N–H and O–H groups in total. The number of nitrogens with one attached hydrogen (secondary N) is 1. The summed E-state index contributed by atoms with van der Waals surface area (Å²) in [6.07, 6.45) is 5.29. The van der Waals surface area contributed by atoms with Crippen LogP contribution >= 0.6 is 0 Å². The van der Waals surface area contributed by atoms with Gasteiger partial charge in [0.05, 0.1) is 0 Å². The molecular formula is C14H31N3. The van der Waals surface area contributed by atoms with E-state index in [0.717, 1.165) is 18.6 Å². The predicted octanol–water partition coefficient (Wildman–Crippen LogP) is 1.79. The molecule has 3 nitrogen and oxygen atoms in total. The van der Waals surface area contributed by atoms with Crippen molar-refractivity contribution < 1.29 is 0 Å². The summed E-state index contributed by atoms with van der Waals surface area (Å²) in [6, 6.07) is 1.53. The molecule has 0 saturated carbocycles. The number of likely N-dealkylation sites (tertiary alicyclic amines) is 1. The van der Waals surface area contributed by atoms with Crippen LogP contribution in [-0.2, 0) is 0 Å². The maximum absolute atomic E-state index is 3.23. The second-order valence-electron chi connectivity index (χ2n) is 5.43. The maximum Gasteiger partial charge on any atom is 0.0119 e. The van der Waals surface area contributed by atoms with Crippen molar-refractivity contribution in [2.75, 3.05) is 40.3 Å². The van der Waals surface area contributed by atoms with Crippen LogP contribution in [0.4, 0.5) is 0 Å². The van der Waals surface area contributed by atoms with Gasteiger partial charge in [0, 0.05) is 12.1 Å². The Morgan fingerprint density at radius 1 is 1.35 bits per heavy atom. The fraction of sp³-hybridized carbons (Fsp3) is 1.00. The van der Waals surface area contributed by atoms with E-state index in [4.69, 9.17) is 0 Å². The Kier molecular flexibility index (Phi) is 7.09. The normalized spacial score (nSPS) is 21.0. The molecule has 3 heteroatoms. The molecule has 0 bridgehead atoms. The van der Waals surface area contributed by atoms with Gasteiger partial charge in [0.15, 0.2) is 0 Å². The van der Waals surface area contributed by atoms with E-state index < -0.39 is 0 Å². The van der Waals surface area contributed by atoms with Gasteiger partial charge in [-0.15, -0.1) is 0 Å². The zero-order valence-electron chi connectivity index (χ0n) is 12.2. The molecule has 0 spiro atoms. The molecule has 1 heterocycles. The molecule has 1 fully saturated rings. The van der Waals surface area contributed by atoms with Gasteiger partial charge < -0.3 is 15.1 Å². The van der Waals surface area contributed by atoms with Gasteiger partial charge >= 0.3 is 0 Å². The first kappa shape index (κ1) is 14.9. The Balaban J connectivity index is 2.24. The number of nitrogens with zero attached hydrogens (tertiary/aromatic N) is 2. The Bertz CT molecular complexity index is 188. The summed E-state index contributed by atoms with van der Waals surface area (Å²) in [7, 11) is 4.35. The minimum absolute atomic E-state index is 0.724. The highest BCUT2D eigenvalue weighted by Gasteiger charge is 2.24. The summed E-state index contributed by atoms with van der Waals surface area (Å²) >= 11 is 0. The molecule has 0 aromatic rings. The van der Waals surface area contributed by atoms with E-state index in [2.05, 4.69) is 36.0 Å². The highest BCUT2D eigenvalue weighted by atomic mass is 15.2. The highest BCUT2D eigenvalue weighted by molar-refractivity contribution is 4.80. The van der Waals surface area contributed by atoms with Gasteiger partial charge in [-0.25, -0.2) is 0 Å². The van der Waals surface area contributed by atoms with E-state index in [-0.39, 0.29) is 0 Å². The average molecular weight is 241 g/mol. The zero-order valence-corrected chi connectivity index (χ0v) is 12.2. The van der Waals surface area contributed by atoms with E-state index >= 15 is 0 Å². The maximum atomic E-state index is 3.23. The summed E-state index contributed by atoms with van der Waals surface area (Å²) in [5.74, 6) is 0. The molecule has 0 radical (unpaired) electrons. The van der Waals surface area contributed by atoms with Crippen molar-refractivity contribution in [2.45, 2.75) is 51.6 Å². The summed E-state index contributed by atoms with van der Waals surface area (Å²) in [4.78, 5) is 5.18. The van der Waals surface area contributed by atoms with E-state index in [1.807, 2.05) is 7.05 Å². The van der Waals surface area contributed by atoms with Crippen LogP contribution < -0.4 is 5.32 Å². The minimum Gasteiger partial charge on any atom is -0.320 e. The first-order valence-electron chi connectivity index (χ1n) is 7.28. The van der Waals surface area contributed by atoms with E-state index in [0.29, 0.717) is 0 Å². The molecule has 1 aliphatic rings. The quantitative estimate of drug-likeness (QED) is 0.686. The first-order valence-corrected chi connectivity index (χ1v) is 7.28. The van der Waals surface area contributed by atoms with Gasteiger partial charge in [0.1, 0.15) is 0 Å². The first-order chi connectivity index (χ1) is 8.19. The standard InChI is InChI=1S/C14H31N3/c1-5-17-11-8-14(9-12-17)16(4)13(2)7-6-10-15-3/h13-15H,5-12H2,1-4H3. The fourth-order valence-corrected chi connectivity index (χ4v) is 2.78. The minimum atomic E-state index is 0.724. The molecule has 0 aliphatic carbocycles. The van der Waals surface area contributed by atoms with E-state index in [1.165, 1.54) is 45.3 Å². The van der Waals surface area contributed by atoms with Gasteiger partial charge in [-0.2, -0.15) is 0 Å². The third kappa shape index (κ3) is 4.94. The van der Waals surface area contributed by atoms with Gasteiger partial charge in [0.25, 0.3) is 0 Å². The van der Waals surface area contributed by atoms with Gasteiger partial charge in [0.2, 0.25) is 0 Å². The van der Waals surface area contributed by atoms with Crippen molar-refractivity contribution in [3.63, 3.8) is 0 Å². The lowest BCUT2D eigenvalue weighted by Gasteiger charge is -2.39. The Morgan fingerprint density at radius 3 is 2.53 bits per heavy atom. The zero-order chi connectivity index (χ0) is 12.7. The number of rotatable bonds is 7. The second-order valence-corrected chi connectivity index (χ2v) is 5.43. The number of hydrogen-bond acceptors (Lipinski definition) is 3. The summed E-state index contributed by atoms with van der Waals surface area (Å²) in [6.45, 7) is 9.58. The van der Waals surface area contributed by atoms with Crippen molar-refractivity contribution in [1.29, 1.82) is 0 Å². The molecule has 1 aliphatic heterocycles. The van der Waals surface area contributed by atoms with E-state index in [1.54, 1.807) is 0 Å². The molecule has 1 unspecified atom stereocenters. The van der Waals surface area contributed by atoms with Crippen molar-refractivity contribution in [1.82, 2.24) is 15.1 Å². The fourth-order valence-electron chi connectivity index (χ4n) is 2.78. The monoisotopic (exact) mass is 241 g/mol. The molecule has 102 valence electrons. The van der Waals surface area contributed by atoms with Gasteiger partial charge in [-0.1, -0.05) is 6.92 Å². The van der Waals surface area contributed by atoms with Crippen LogP contribution in [0.5, 0.6) is 0 Å². The van der Waals surface area contributed by atoms with Gasteiger partial charge in [-0.3, -0.25) is 0 Å². The molecule has 1 saturated heterocycles. The van der Waals surface area contributed by atoms with Crippen molar-refractivity contribution in [3.05, 3.63) is 0 Å². The SMILES string of the molecule is CCN1CCC(N(C)C(C)CCCNC)CC1. The molecule has 17 heavy (non-hydrogen) atoms. The largest absolute Gasteiger partial charge is 0.320 e. The Hall–Kier alpha value is -0.120. The highest BCUT2D eigenvalue weighted by Crippen LogP contribution is 2.18. The van der Waals surface area contributed by atoms with Gasteiger partial charge in [-0.05, 0) is 72.9 Å². The number of hydrogen-bond donors (Lipinski definition) is 1. The third-order valence-corrected chi connectivity index (χ3v) is 4.32. The molecular weight excluding hydrogens is 210 g/mol. The molecule has 0 aromatic carbocycles. The number of piperidine rings is 1. The lowest BCUT2D eigenvalue weighted by atomic mass is 10.0. The van der Waals surface area contributed by atoms with Crippen LogP contribution in [0.15, 0.2) is 0 Å². The van der Waals surface area contributed by atoms with Crippen molar-refractivity contribution >= 4 is 0 Å². The topological polar surface area (TPSA) is 18.5 Å². The van der Waals surface area contributed by atoms with Crippen LogP contribution in [0.2, 0.25) is 0 Å². The smallest absolute Gasteiger partial charge is 0.0119 e. The molecule has 1 rings (SSSR count). The Morgan fingerprint density at radius 2 is 2.00 bits per heavy atom. The van der Waals surface area contributed by atoms with Crippen LogP contribution in [0.25, 0.3) is 0 Å². The van der Waals surface area contributed by atoms with E-state index in [9.17, 15) is 0 Å². The predicted molar refractivity (Wildman–Crippen MR) is 75.5 cm³/mol. The van der Waals surface area contributed by atoms with Crippen LogP contribution in [-0.4, -0.2) is 62.2 Å². The van der Waals surface area contributed by atoms with Crippen molar-refractivity contribution in [2.24, 2.45) is 0 Å². The summed E-state index contributed by atoms with van der Waals surface area (Å²) in [5.41, 5.74) is 0. The Labute approximate surface area is 108 Å². The summed E-state index contributed by atoms with van der Waals surface area (Å²) < 4.78 is 0. The summed E-state index contributed by atoms with van der Waals surface area (Å²) in [5, 5.41) is 3.23.